The predicted octanol–water partition coefficient (Wildman–Crippen LogP) is 5.84. The van der Waals surface area contributed by atoms with E-state index in [-0.39, 0.29) is 6.10 Å². The van der Waals surface area contributed by atoms with E-state index in [1.807, 2.05) is 12.3 Å². The van der Waals surface area contributed by atoms with E-state index in [2.05, 4.69) is 72.8 Å². The number of allylic oxidation sites excluding steroid dienone is 4. The van der Waals surface area contributed by atoms with Crippen LogP contribution in [0.2, 0.25) is 0 Å². The second kappa shape index (κ2) is 10.9. The Balaban J connectivity index is 1.02. The lowest BCUT2D eigenvalue weighted by Crippen LogP contribution is -2.49. The van der Waals surface area contributed by atoms with Gasteiger partial charge in [-0.05, 0) is 62.3 Å². The number of rotatable bonds is 6. The summed E-state index contributed by atoms with van der Waals surface area (Å²) in [5.41, 5.74) is 12.4. The molecule has 8 rings (SSSR count). The molecule has 1 aliphatic heterocycles. The smallest absolute Gasteiger partial charge is 0.316 e. The minimum atomic E-state index is 0.173. The Kier molecular flexibility index (Phi) is 6.59. The van der Waals surface area contributed by atoms with Crippen LogP contribution in [0.5, 0.6) is 6.01 Å². The maximum atomic E-state index is 6.48. The number of hydrogen-bond donors (Lipinski definition) is 1. The molecule has 1 aromatic carbocycles. The fourth-order valence-electron chi connectivity index (χ4n) is 6.76. The summed E-state index contributed by atoms with van der Waals surface area (Å²) in [6, 6.07) is 13.5. The third kappa shape index (κ3) is 4.93. The van der Waals surface area contributed by atoms with E-state index in [0.29, 0.717) is 23.8 Å². The van der Waals surface area contributed by atoms with Gasteiger partial charge in [0, 0.05) is 60.8 Å². The molecule has 0 radical (unpaired) electrons. The highest BCUT2D eigenvalue weighted by Gasteiger charge is 2.39. The van der Waals surface area contributed by atoms with Gasteiger partial charge in [-0.15, -0.1) is 0 Å². The minimum Gasteiger partial charge on any atom is -0.460 e. The number of benzene rings is 1. The number of piperidine rings is 1. The van der Waals surface area contributed by atoms with Crippen LogP contribution in [0.25, 0.3) is 33.3 Å². The van der Waals surface area contributed by atoms with Crippen LogP contribution in [0.15, 0.2) is 79.4 Å². The molecule has 2 aliphatic carbocycles. The first-order valence-electron chi connectivity index (χ1n) is 15.3. The molecule has 0 bridgehead atoms. The Morgan fingerprint density at radius 3 is 2.56 bits per heavy atom. The van der Waals surface area contributed by atoms with E-state index in [1.165, 1.54) is 5.57 Å². The minimum absolute atomic E-state index is 0.173. The maximum absolute atomic E-state index is 6.48. The summed E-state index contributed by atoms with van der Waals surface area (Å²) in [6.07, 6.45) is 20.3. The second-order valence-electron chi connectivity index (χ2n) is 11.8. The highest BCUT2D eigenvalue weighted by atomic mass is 16.5. The summed E-state index contributed by atoms with van der Waals surface area (Å²) >= 11 is 0. The highest BCUT2D eigenvalue weighted by Crippen LogP contribution is 2.42. The molecule has 9 nitrogen and oxygen atoms in total. The van der Waals surface area contributed by atoms with Gasteiger partial charge < -0.3 is 15.4 Å². The van der Waals surface area contributed by atoms with Crippen LogP contribution < -0.4 is 10.5 Å². The summed E-state index contributed by atoms with van der Waals surface area (Å²) < 4.78 is 8.16. The molecule has 3 aliphatic rings. The quantitative estimate of drug-likeness (QED) is 0.271. The molecule has 0 amide bonds. The molecule has 0 atom stereocenters. The largest absolute Gasteiger partial charge is 0.460 e. The molecule has 9 heteroatoms. The summed E-state index contributed by atoms with van der Waals surface area (Å²) in [5.74, 6) is 1.93. The van der Waals surface area contributed by atoms with Crippen LogP contribution in [0.1, 0.15) is 56.0 Å². The van der Waals surface area contributed by atoms with Gasteiger partial charge in [0.1, 0.15) is 29.0 Å². The van der Waals surface area contributed by atoms with E-state index in [9.17, 15) is 0 Å². The molecular formula is C34H34N8O. The number of pyridine rings is 1. The third-order valence-corrected chi connectivity index (χ3v) is 9.15. The fourth-order valence-corrected chi connectivity index (χ4v) is 6.76. The lowest BCUT2D eigenvalue weighted by atomic mass is 9.78. The van der Waals surface area contributed by atoms with E-state index in [1.54, 1.807) is 18.6 Å². The number of likely N-dealkylation sites (tertiary alicyclic amines) is 1. The number of nitrogens with zero attached hydrogens (tertiary/aromatic N) is 7. The van der Waals surface area contributed by atoms with Crippen molar-refractivity contribution in [2.75, 3.05) is 18.8 Å². The first kappa shape index (κ1) is 26.0. The average molecular weight is 571 g/mol. The number of hydrogen-bond acceptors (Lipinski definition) is 8. The molecule has 216 valence electrons. The van der Waals surface area contributed by atoms with Gasteiger partial charge in [0.25, 0.3) is 0 Å². The molecule has 2 fully saturated rings. The Labute approximate surface area is 250 Å². The number of fused-ring (bicyclic) bond motifs is 2. The Morgan fingerprint density at radius 1 is 0.907 bits per heavy atom. The SMILES string of the molecule is Nc1nccn2c(C3CC(N4CCC(Oc5ncccn5)CC4)C3)nc(-c3ccc4ccc(C5=CCCC=C5)nc4c3)c12. The third-order valence-electron chi connectivity index (χ3n) is 9.15. The summed E-state index contributed by atoms with van der Waals surface area (Å²) in [6.45, 7) is 2.05. The monoisotopic (exact) mass is 570 g/mol. The van der Waals surface area contributed by atoms with Gasteiger partial charge >= 0.3 is 6.01 Å². The number of aromatic nitrogens is 6. The van der Waals surface area contributed by atoms with Crippen molar-refractivity contribution in [1.82, 2.24) is 34.2 Å². The van der Waals surface area contributed by atoms with Crippen LogP contribution >= 0.6 is 0 Å². The summed E-state index contributed by atoms with van der Waals surface area (Å²) in [5, 5.41) is 1.11. The van der Waals surface area contributed by atoms with E-state index < -0.39 is 0 Å². The predicted molar refractivity (Wildman–Crippen MR) is 168 cm³/mol. The standard InChI is InChI=1S/C34H34N8O/c35-32-31-30(24-8-7-23-9-10-28(39-29(23)21-24)22-5-2-1-3-6-22)40-33(42(31)18-15-36-32)25-19-26(20-25)41-16-11-27(12-17-41)43-34-37-13-4-14-38-34/h2,4-10,13-15,18,21,25-27H,1,3,11-12,16-17,19-20H2,(H2,35,36). The molecule has 1 saturated heterocycles. The lowest BCUT2D eigenvalue weighted by Gasteiger charge is -2.45. The molecule has 43 heavy (non-hydrogen) atoms. The van der Waals surface area contributed by atoms with E-state index in [0.717, 1.165) is 90.8 Å². The Bertz CT molecular complexity index is 1850. The van der Waals surface area contributed by atoms with E-state index >= 15 is 0 Å². The van der Waals surface area contributed by atoms with Crippen LogP contribution in [-0.2, 0) is 0 Å². The molecule has 1 saturated carbocycles. The van der Waals surface area contributed by atoms with Crippen molar-refractivity contribution in [2.24, 2.45) is 0 Å². The van der Waals surface area contributed by atoms with Crippen molar-refractivity contribution in [1.29, 1.82) is 0 Å². The van der Waals surface area contributed by atoms with Gasteiger partial charge in [-0.2, -0.15) is 0 Å². The summed E-state index contributed by atoms with van der Waals surface area (Å²) in [4.78, 5) is 25.7. The van der Waals surface area contributed by atoms with Gasteiger partial charge in [0.15, 0.2) is 0 Å². The number of nitrogen functional groups attached to an aromatic ring is 1. The highest BCUT2D eigenvalue weighted by molar-refractivity contribution is 5.91. The number of imidazole rings is 1. The molecule has 0 spiro atoms. The normalized spacial score (nSPS) is 21.2. The Hall–Kier alpha value is -4.63. The summed E-state index contributed by atoms with van der Waals surface area (Å²) in [7, 11) is 0. The average Bonchev–Trinajstić information content (AvgIpc) is 3.42. The lowest BCUT2D eigenvalue weighted by molar-refractivity contribution is 0.0364. The van der Waals surface area contributed by atoms with Crippen molar-refractivity contribution in [2.45, 2.75) is 56.6 Å². The fraction of sp³-hybridized carbons (Fsp3) is 0.324. The van der Waals surface area contributed by atoms with E-state index in [4.69, 9.17) is 20.4 Å². The van der Waals surface area contributed by atoms with Gasteiger partial charge in [-0.3, -0.25) is 4.40 Å². The second-order valence-corrected chi connectivity index (χ2v) is 11.8. The number of anilines is 1. The first-order valence-corrected chi connectivity index (χ1v) is 15.3. The van der Waals surface area contributed by atoms with Crippen molar-refractivity contribution < 1.29 is 4.74 Å². The van der Waals surface area contributed by atoms with Crippen LogP contribution in [-0.4, -0.2) is 59.5 Å². The van der Waals surface area contributed by atoms with Crippen LogP contribution in [0.4, 0.5) is 5.82 Å². The molecule has 2 N–H and O–H groups in total. The van der Waals surface area contributed by atoms with Crippen molar-refractivity contribution in [3.05, 3.63) is 90.9 Å². The van der Waals surface area contributed by atoms with Crippen molar-refractivity contribution in [3.8, 4) is 17.3 Å². The zero-order valence-corrected chi connectivity index (χ0v) is 24.0. The van der Waals surface area contributed by atoms with Crippen LogP contribution in [0.3, 0.4) is 0 Å². The first-order chi connectivity index (χ1) is 21.2. The van der Waals surface area contributed by atoms with Crippen molar-refractivity contribution >= 4 is 27.8 Å². The molecule has 0 unspecified atom stereocenters. The molecule has 5 heterocycles. The van der Waals surface area contributed by atoms with Crippen LogP contribution in [0, 0.1) is 0 Å². The maximum Gasteiger partial charge on any atom is 0.316 e. The van der Waals surface area contributed by atoms with Crippen molar-refractivity contribution in [3.63, 3.8) is 0 Å². The zero-order valence-electron chi connectivity index (χ0n) is 24.0. The zero-order chi connectivity index (χ0) is 28.8. The van der Waals surface area contributed by atoms with Gasteiger partial charge in [-0.25, -0.2) is 24.9 Å². The Morgan fingerprint density at radius 2 is 1.74 bits per heavy atom. The number of ether oxygens (including phenoxy) is 1. The topological polar surface area (TPSA) is 107 Å². The molecular weight excluding hydrogens is 536 g/mol. The van der Waals surface area contributed by atoms with Gasteiger partial charge in [-0.1, -0.05) is 36.4 Å². The molecule has 4 aromatic heterocycles. The number of nitrogens with two attached hydrogens (primary N) is 1. The molecule has 5 aromatic rings. The van der Waals surface area contributed by atoms with Gasteiger partial charge in [0.2, 0.25) is 0 Å². The van der Waals surface area contributed by atoms with Gasteiger partial charge in [0.05, 0.1) is 11.2 Å².